The first-order valence-electron chi connectivity index (χ1n) is 19.6. The number of carbonyl (C=O) groups is 5. The SMILES string of the molecule is CC(NC(=O)C1Cc2ccc(O)c(c2)-c2cc(ccc2O)C(N(C)C(=O)C(CCCCN)NC(=O)c2ccc(-c3ccc(Cl)cc3)cc2)C(=O)NC(C)C(O)N1)C(=O)CO. The third-order valence-corrected chi connectivity index (χ3v) is 10.8. The lowest BCUT2D eigenvalue weighted by Crippen LogP contribution is -2.58. The molecule has 0 saturated heterocycles. The zero-order chi connectivity index (χ0) is 43.7. The number of nitrogens with one attached hydrogen (secondary N) is 4. The van der Waals surface area contributed by atoms with Crippen LogP contribution in [0.5, 0.6) is 11.5 Å². The molecule has 5 rings (SSSR count). The van der Waals surface area contributed by atoms with E-state index >= 15 is 0 Å². The predicted octanol–water partition coefficient (Wildman–Crippen LogP) is 2.92. The Balaban J connectivity index is 1.49. The fraction of sp³-hybridized carbons (Fsp3) is 0.341. The number of rotatable bonds is 13. The highest BCUT2D eigenvalue weighted by molar-refractivity contribution is 6.30. The molecular weight excluding hydrogens is 792 g/mol. The standard InChI is InChI=1S/C44H51ClN6O9/c1-24(38(55)23-52)47-42(58)35-21-26-7-17-36(53)32(20-26)33-22-30(14-18-37(33)54)39(43(59)48-25(2)40(56)50-35)51(3)44(60)34(6-4-5-19-46)49-41(57)29-10-8-27(9-11-29)28-12-15-31(45)16-13-28/h7-18,20,22,24-25,34-35,39-40,50,52-54,56H,4-6,19,21,23,46H2,1-3H3,(H,47,58)(H,48,59)(H,49,57). The quantitative estimate of drug-likeness (QED) is 0.0887. The van der Waals surface area contributed by atoms with Gasteiger partial charge in [0.2, 0.25) is 17.7 Å². The molecule has 1 heterocycles. The van der Waals surface area contributed by atoms with Gasteiger partial charge in [0.05, 0.1) is 18.1 Å². The Bertz CT molecular complexity index is 2190. The van der Waals surface area contributed by atoms with Crippen molar-refractivity contribution < 1.29 is 44.4 Å². The summed E-state index contributed by atoms with van der Waals surface area (Å²) in [5, 5.41) is 54.3. The maximum Gasteiger partial charge on any atom is 0.251 e. The molecule has 0 fully saturated rings. The van der Waals surface area contributed by atoms with Gasteiger partial charge in [0, 0.05) is 28.8 Å². The van der Waals surface area contributed by atoms with Crippen molar-refractivity contribution in [3.8, 4) is 33.8 Å². The molecule has 4 bridgehead atoms. The second-order valence-corrected chi connectivity index (χ2v) is 15.3. The minimum absolute atomic E-state index is 0.0685. The Hall–Kier alpha value is -5.84. The number of carbonyl (C=O) groups excluding carboxylic acids is 5. The van der Waals surface area contributed by atoms with Gasteiger partial charge in [-0.2, -0.15) is 0 Å². The Labute approximate surface area is 352 Å². The number of amides is 4. The molecule has 0 aliphatic carbocycles. The highest BCUT2D eigenvalue weighted by Crippen LogP contribution is 2.39. The lowest BCUT2D eigenvalue weighted by molar-refractivity contribution is -0.141. The van der Waals surface area contributed by atoms with Crippen molar-refractivity contribution in [1.29, 1.82) is 0 Å². The van der Waals surface area contributed by atoms with Crippen LogP contribution in [0.15, 0.2) is 84.9 Å². The molecule has 4 aromatic rings. The molecule has 1 aliphatic heterocycles. The number of unbranched alkanes of at least 4 members (excludes halogenated alkanes) is 1. The molecule has 10 N–H and O–H groups in total. The van der Waals surface area contributed by atoms with Crippen LogP contribution in [0, 0.1) is 0 Å². The summed E-state index contributed by atoms with van der Waals surface area (Å²) in [5.74, 6) is -3.72. The maximum atomic E-state index is 14.5. The van der Waals surface area contributed by atoms with Crippen molar-refractivity contribution in [2.45, 2.75) is 76.0 Å². The summed E-state index contributed by atoms with van der Waals surface area (Å²) < 4.78 is 0. The molecule has 0 radical (unpaired) electrons. The number of aromatic hydroxyl groups is 2. The van der Waals surface area contributed by atoms with Crippen LogP contribution in [0.4, 0.5) is 0 Å². The molecule has 4 aromatic carbocycles. The average Bonchev–Trinajstić information content (AvgIpc) is 3.23. The number of Topliss-reactive ketones (excluding diaryl/α,β-unsaturated/α-hetero) is 1. The number of fused-ring (bicyclic) bond motifs is 5. The van der Waals surface area contributed by atoms with Crippen LogP contribution < -0.4 is 27.0 Å². The summed E-state index contributed by atoms with van der Waals surface area (Å²) in [7, 11) is 1.40. The first-order valence-corrected chi connectivity index (χ1v) is 20.0. The fourth-order valence-electron chi connectivity index (χ4n) is 6.96. The van der Waals surface area contributed by atoms with E-state index in [0.717, 1.165) is 11.1 Å². The molecule has 4 amide bonds. The number of hydrogen-bond acceptors (Lipinski definition) is 11. The Kier molecular flexibility index (Phi) is 15.4. The van der Waals surface area contributed by atoms with E-state index in [2.05, 4.69) is 21.3 Å². The molecule has 0 saturated carbocycles. The minimum Gasteiger partial charge on any atom is -0.507 e. The van der Waals surface area contributed by atoms with Gasteiger partial charge in [0.25, 0.3) is 5.91 Å². The zero-order valence-corrected chi connectivity index (χ0v) is 34.3. The molecular formula is C44H51ClN6O9. The van der Waals surface area contributed by atoms with Gasteiger partial charge in [0.15, 0.2) is 5.78 Å². The van der Waals surface area contributed by atoms with Gasteiger partial charge in [-0.3, -0.25) is 29.3 Å². The maximum absolute atomic E-state index is 14.5. The number of phenols is 2. The molecule has 0 spiro atoms. The van der Waals surface area contributed by atoms with Crippen molar-refractivity contribution in [2.75, 3.05) is 20.2 Å². The van der Waals surface area contributed by atoms with E-state index in [0.29, 0.717) is 35.5 Å². The summed E-state index contributed by atoms with van der Waals surface area (Å²) in [6.45, 7) is 2.44. The van der Waals surface area contributed by atoms with E-state index < -0.39 is 72.5 Å². The third-order valence-electron chi connectivity index (χ3n) is 10.5. The monoisotopic (exact) mass is 842 g/mol. The fourth-order valence-corrected chi connectivity index (χ4v) is 7.09. The Morgan fingerprint density at radius 3 is 2.15 bits per heavy atom. The summed E-state index contributed by atoms with van der Waals surface area (Å²) in [4.78, 5) is 69.3. The molecule has 6 atom stereocenters. The van der Waals surface area contributed by atoms with Crippen LogP contribution in [-0.4, -0.2) is 105 Å². The van der Waals surface area contributed by atoms with Crippen molar-refractivity contribution in [3.63, 3.8) is 0 Å². The number of aliphatic hydroxyl groups is 2. The molecule has 16 heteroatoms. The van der Waals surface area contributed by atoms with Crippen molar-refractivity contribution in [1.82, 2.24) is 26.2 Å². The minimum atomic E-state index is -1.54. The van der Waals surface area contributed by atoms with E-state index in [-0.39, 0.29) is 41.0 Å². The number of nitrogens with zero attached hydrogens (tertiary/aromatic N) is 1. The van der Waals surface area contributed by atoms with Gasteiger partial charge in [-0.25, -0.2) is 0 Å². The second kappa shape index (κ2) is 20.4. The molecule has 6 unspecified atom stereocenters. The van der Waals surface area contributed by atoms with Gasteiger partial charge < -0.3 is 47.0 Å². The second-order valence-electron chi connectivity index (χ2n) is 14.9. The summed E-state index contributed by atoms with van der Waals surface area (Å²) in [6, 6.07) is 17.0. The number of phenolic OH excluding ortho intramolecular Hbond substituents is 2. The summed E-state index contributed by atoms with van der Waals surface area (Å²) >= 11 is 6.04. The lowest BCUT2D eigenvalue weighted by Gasteiger charge is -2.33. The van der Waals surface area contributed by atoms with Gasteiger partial charge in [-0.15, -0.1) is 0 Å². The lowest BCUT2D eigenvalue weighted by atomic mass is 9.93. The molecule has 15 nitrogen and oxygen atoms in total. The Morgan fingerprint density at radius 1 is 0.900 bits per heavy atom. The number of aliphatic hydroxyl groups excluding tert-OH is 2. The molecule has 318 valence electrons. The van der Waals surface area contributed by atoms with Crippen molar-refractivity contribution >= 4 is 41.0 Å². The highest BCUT2D eigenvalue weighted by Gasteiger charge is 2.36. The average molecular weight is 843 g/mol. The molecule has 0 aromatic heterocycles. The number of ketones is 1. The predicted molar refractivity (Wildman–Crippen MR) is 226 cm³/mol. The van der Waals surface area contributed by atoms with Crippen LogP contribution >= 0.6 is 11.6 Å². The number of nitrogens with two attached hydrogens (primary N) is 1. The van der Waals surface area contributed by atoms with E-state index in [9.17, 15) is 44.4 Å². The Morgan fingerprint density at radius 2 is 1.52 bits per heavy atom. The van der Waals surface area contributed by atoms with Crippen LogP contribution in [0.1, 0.15) is 60.6 Å². The number of benzene rings is 4. The first-order chi connectivity index (χ1) is 28.6. The topological polar surface area (TPSA) is 244 Å². The number of hydrogen-bond donors (Lipinski definition) is 9. The number of halogens is 1. The first kappa shape index (κ1) is 45.2. The van der Waals surface area contributed by atoms with E-state index in [1.54, 1.807) is 42.5 Å². The van der Waals surface area contributed by atoms with Gasteiger partial charge >= 0.3 is 0 Å². The van der Waals surface area contributed by atoms with Gasteiger partial charge in [-0.05, 0) is 117 Å². The number of likely N-dealkylation sites (N-methyl/N-ethyl adjacent to an activating group) is 1. The van der Waals surface area contributed by atoms with Crippen LogP contribution in [0.3, 0.4) is 0 Å². The third kappa shape index (κ3) is 11.0. The summed E-state index contributed by atoms with van der Waals surface area (Å²) in [5.41, 5.74) is 8.79. The molecule has 1 aliphatic rings. The van der Waals surface area contributed by atoms with Crippen molar-refractivity contribution in [3.05, 3.63) is 107 Å². The van der Waals surface area contributed by atoms with E-state index in [1.165, 1.54) is 56.1 Å². The molecule has 60 heavy (non-hydrogen) atoms. The van der Waals surface area contributed by atoms with E-state index in [1.807, 2.05) is 12.1 Å². The zero-order valence-electron chi connectivity index (χ0n) is 33.5. The normalized spacial score (nSPS) is 18.9. The largest absolute Gasteiger partial charge is 0.507 e. The summed E-state index contributed by atoms with van der Waals surface area (Å²) in [6.07, 6.45) is -0.385. The van der Waals surface area contributed by atoms with Crippen LogP contribution in [0.25, 0.3) is 22.3 Å². The van der Waals surface area contributed by atoms with Crippen molar-refractivity contribution in [2.24, 2.45) is 5.73 Å². The van der Waals surface area contributed by atoms with Crippen LogP contribution in [-0.2, 0) is 25.6 Å². The van der Waals surface area contributed by atoms with Crippen LogP contribution in [0.2, 0.25) is 5.02 Å². The van der Waals surface area contributed by atoms with E-state index in [4.69, 9.17) is 17.3 Å². The van der Waals surface area contributed by atoms with Gasteiger partial charge in [-0.1, -0.05) is 48.0 Å². The van der Waals surface area contributed by atoms with Gasteiger partial charge in [0.1, 0.15) is 36.4 Å². The highest BCUT2D eigenvalue weighted by atomic mass is 35.5. The smallest absolute Gasteiger partial charge is 0.251 e.